The molecule has 3 nitrogen and oxygen atoms in total. The van der Waals surface area contributed by atoms with E-state index in [1.807, 2.05) is 54.6 Å². The number of carbonyl (C=O) groups excluding carboxylic acids is 1. The fourth-order valence-electron chi connectivity index (χ4n) is 5.31. The maximum Gasteiger partial charge on any atom is 0.338 e. The Hall–Kier alpha value is -3.85. The van der Waals surface area contributed by atoms with Gasteiger partial charge in [0.15, 0.2) is 0 Å². The summed E-state index contributed by atoms with van der Waals surface area (Å²) in [4.78, 5) is 12.5. The summed E-state index contributed by atoms with van der Waals surface area (Å²) in [6, 6.07) is 29.4. The van der Waals surface area contributed by atoms with Gasteiger partial charge in [0.2, 0.25) is 0 Å². The van der Waals surface area contributed by atoms with E-state index < -0.39 is 0 Å². The molecule has 4 aromatic rings. The van der Waals surface area contributed by atoms with Crippen LogP contribution in [0.15, 0.2) is 91.0 Å². The molecule has 4 aromatic carbocycles. The lowest BCUT2D eigenvalue weighted by Crippen LogP contribution is -2.33. The Balaban J connectivity index is 1.40. The van der Waals surface area contributed by atoms with Crippen molar-refractivity contribution in [2.45, 2.75) is 58.0 Å². The van der Waals surface area contributed by atoms with Gasteiger partial charge in [-0.1, -0.05) is 94.4 Å². The van der Waals surface area contributed by atoms with Crippen LogP contribution in [0.25, 0.3) is 22.3 Å². The maximum absolute atomic E-state index is 12.5. The summed E-state index contributed by atoms with van der Waals surface area (Å²) in [5.41, 5.74) is 8.26. The quantitative estimate of drug-likeness (QED) is 0.286. The van der Waals surface area contributed by atoms with Crippen molar-refractivity contribution >= 4 is 5.97 Å². The van der Waals surface area contributed by atoms with Gasteiger partial charge >= 0.3 is 5.97 Å². The van der Waals surface area contributed by atoms with Crippen LogP contribution in [0.3, 0.4) is 0 Å². The third-order valence-electron chi connectivity index (χ3n) is 7.83. The Kier molecular flexibility index (Phi) is 6.41. The van der Waals surface area contributed by atoms with Crippen LogP contribution in [0, 0.1) is 0 Å². The van der Waals surface area contributed by atoms with Gasteiger partial charge in [-0.15, -0.1) is 0 Å². The molecule has 0 saturated heterocycles. The van der Waals surface area contributed by atoms with Crippen molar-refractivity contribution in [3.8, 4) is 28.0 Å². The second-order valence-electron chi connectivity index (χ2n) is 11.4. The van der Waals surface area contributed by atoms with Crippen molar-refractivity contribution < 1.29 is 14.6 Å². The number of fused-ring (bicyclic) bond motifs is 1. The minimum atomic E-state index is -0.346. The number of hydrogen-bond donors (Lipinski definition) is 1. The first-order valence-electron chi connectivity index (χ1n) is 12.9. The number of hydrogen-bond acceptors (Lipinski definition) is 3. The number of carbonyl (C=O) groups is 1. The van der Waals surface area contributed by atoms with Crippen molar-refractivity contribution in [3.05, 3.63) is 113 Å². The zero-order valence-electron chi connectivity index (χ0n) is 22.0. The number of phenolic OH excluding ortho intramolecular Hbond substituents is 1. The van der Waals surface area contributed by atoms with Gasteiger partial charge in [0.25, 0.3) is 0 Å². The van der Waals surface area contributed by atoms with Crippen LogP contribution in [0.2, 0.25) is 0 Å². The predicted molar refractivity (Wildman–Crippen MR) is 150 cm³/mol. The van der Waals surface area contributed by atoms with Crippen molar-refractivity contribution in [1.82, 2.24) is 0 Å². The van der Waals surface area contributed by atoms with Gasteiger partial charge < -0.3 is 9.84 Å². The zero-order chi connectivity index (χ0) is 26.2. The molecule has 0 bridgehead atoms. The first-order valence-corrected chi connectivity index (χ1v) is 12.9. The fraction of sp³-hybridized carbons (Fsp3) is 0.265. The highest BCUT2D eigenvalue weighted by Crippen LogP contribution is 2.47. The monoisotopic (exact) mass is 490 g/mol. The zero-order valence-corrected chi connectivity index (χ0v) is 22.0. The molecule has 0 unspecified atom stereocenters. The molecular formula is C34H34O3. The molecule has 0 radical (unpaired) electrons. The number of esters is 1. The van der Waals surface area contributed by atoms with Crippen LogP contribution >= 0.6 is 0 Å². The minimum Gasteiger partial charge on any atom is -0.507 e. The summed E-state index contributed by atoms with van der Waals surface area (Å²) in [7, 11) is 0. The predicted octanol–water partition coefficient (Wildman–Crippen LogP) is 8.43. The first-order chi connectivity index (χ1) is 17.6. The van der Waals surface area contributed by atoms with E-state index in [4.69, 9.17) is 4.74 Å². The lowest BCUT2D eigenvalue weighted by atomic mass is 9.63. The fourth-order valence-corrected chi connectivity index (χ4v) is 5.31. The maximum atomic E-state index is 12.5. The number of benzene rings is 4. The molecule has 1 N–H and O–H groups in total. The van der Waals surface area contributed by atoms with Crippen molar-refractivity contribution in [2.24, 2.45) is 0 Å². The van der Waals surface area contributed by atoms with E-state index in [0.717, 1.165) is 34.2 Å². The van der Waals surface area contributed by atoms with Gasteiger partial charge in [-0.25, -0.2) is 4.79 Å². The molecule has 188 valence electrons. The molecule has 0 aliphatic heterocycles. The second-order valence-corrected chi connectivity index (χ2v) is 11.4. The number of phenols is 1. The molecule has 5 rings (SSSR count). The van der Waals surface area contributed by atoms with Crippen LogP contribution in [-0.2, 0) is 22.2 Å². The van der Waals surface area contributed by atoms with E-state index in [1.54, 1.807) is 18.2 Å². The molecule has 0 aromatic heterocycles. The molecule has 37 heavy (non-hydrogen) atoms. The second kappa shape index (κ2) is 9.55. The van der Waals surface area contributed by atoms with E-state index >= 15 is 0 Å². The van der Waals surface area contributed by atoms with Gasteiger partial charge in [0.1, 0.15) is 12.4 Å². The highest BCUT2D eigenvalue weighted by molar-refractivity contribution is 5.90. The normalized spacial score (nSPS) is 15.6. The van der Waals surface area contributed by atoms with Crippen molar-refractivity contribution in [2.75, 3.05) is 0 Å². The molecule has 1 aliphatic carbocycles. The Morgan fingerprint density at radius 2 is 1.35 bits per heavy atom. The third kappa shape index (κ3) is 5.04. The Morgan fingerprint density at radius 1 is 0.730 bits per heavy atom. The molecule has 0 saturated carbocycles. The summed E-state index contributed by atoms with van der Waals surface area (Å²) in [6.07, 6.45) is 2.31. The molecule has 0 heterocycles. The number of rotatable bonds is 5. The van der Waals surface area contributed by atoms with Gasteiger partial charge in [-0.3, -0.25) is 0 Å². The summed E-state index contributed by atoms with van der Waals surface area (Å²) in [5.74, 6) is -0.0842. The largest absolute Gasteiger partial charge is 0.507 e. The number of ether oxygens (including phenoxy) is 1. The molecule has 1 aliphatic rings. The number of aromatic hydroxyl groups is 1. The smallest absolute Gasteiger partial charge is 0.338 e. The summed E-state index contributed by atoms with van der Waals surface area (Å²) < 4.78 is 5.46. The van der Waals surface area contributed by atoms with Crippen molar-refractivity contribution in [1.29, 1.82) is 0 Å². The van der Waals surface area contributed by atoms with E-state index in [9.17, 15) is 9.90 Å². The highest BCUT2D eigenvalue weighted by atomic mass is 16.5. The van der Waals surface area contributed by atoms with Gasteiger partial charge in [-0.05, 0) is 81.3 Å². The standard InChI is InChI=1S/C34H34O3/c1-33(2)18-19-34(3,4)30-21-27(14-16-29(30)33)28-20-26(15-17-31(28)35)24-10-12-25(13-11-24)32(36)37-22-23-8-6-5-7-9-23/h5-17,20-21,35H,18-19,22H2,1-4H3. The SMILES string of the molecule is CC1(C)CCC(C)(C)c2cc(-c3cc(-c4ccc(C(=O)OCc5ccccc5)cc4)ccc3O)ccc21. The van der Waals surface area contributed by atoms with Crippen LogP contribution in [0.5, 0.6) is 5.75 Å². The molecule has 0 amide bonds. The molecule has 3 heteroatoms. The van der Waals surface area contributed by atoms with Gasteiger partial charge in [0.05, 0.1) is 5.56 Å². The van der Waals surface area contributed by atoms with Gasteiger partial charge in [-0.2, -0.15) is 0 Å². The van der Waals surface area contributed by atoms with E-state index in [-0.39, 0.29) is 29.2 Å². The van der Waals surface area contributed by atoms with E-state index in [0.29, 0.717) is 5.56 Å². The average Bonchev–Trinajstić information content (AvgIpc) is 2.91. The topological polar surface area (TPSA) is 46.5 Å². The van der Waals surface area contributed by atoms with Crippen LogP contribution in [0.4, 0.5) is 0 Å². The molecule has 0 fully saturated rings. The Labute approximate surface area is 219 Å². The third-order valence-corrected chi connectivity index (χ3v) is 7.83. The lowest BCUT2D eigenvalue weighted by molar-refractivity contribution is 0.0472. The van der Waals surface area contributed by atoms with Crippen LogP contribution in [0.1, 0.15) is 67.6 Å². The highest BCUT2D eigenvalue weighted by Gasteiger charge is 2.37. The Bertz CT molecular complexity index is 1430. The van der Waals surface area contributed by atoms with Crippen LogP contribution in [-0.4, -0.2) is 11.1 Å². The molecular weight excluding hydrogens is 456 g/mol. The molecule has 0 spiro atoms. The van der Waals surface area contributed by atoms with Crippen molar-refractivity contribution in [3.63, 3.8) is 0 Å². The van der Waals surface area contributed by atoms with Gasteiger partial charge in [0, 0.05) is 5.56 Å². The minimum absolute atomic E-state index is 0.0963. The summed E-state index contributed by atoms with van der Waals surface area (Å²) in [6.45, 7) is 9.51. The van der Waals surface area contributed by atoms with Crippen LogP contribution < -0.4 is 0 Å². The van der Waals surface area contributed by atoms with E-state index in [2.05, 4.69) is 45.9 Å². The summed E-state index contributed by atoms with van der Waals surface area (Å²) in [5, 5.41) is 10.8. The van der Waals surface area contributed by atoms with E-state index in [1.165, 1.54) is 17.5 Å². The lowest BCUT2D eigenvalue weighted by Gasteiger charge is -2.42. The average molecular weight is 491 g/mol. The molecule has 0 atom stereocenters. The Morgan fingerprint density at radius 3 is 2.05 bits per heavy atom. The first kappa shape index (κ1) is 24.8. The summed E-state index contributed by atoms with van der Waals surface area (Å²) >= 11 is 0.